The number of phenolic OH excluding ortho intramolecular Hbond substituents is 1. The molecular formula is C41H35BrN4O7S. The van der Waals surface area contributed by atoms with E-state index in [0.29, 0.717) is 22.9 Å². The summed E-state index contributed by atoms with van der Waals surface area (Å²) in [5.41, 5.74) is 2.50. The molecule has 1 unspecified atom stereocenters. The van der Waals surface area contributed by atoms with E-state index in [1.807, 2.05) is 60.7 Å². The molecule has 0 spiro atoms. The van der Waals surface area contributed by atoms with Crippen LogP contribution in [0, 0.1) is 0 Å². The number of amides is 4. The lowest BCUT2D eigenvalue weighted by atomic mass is 9.99. The molecule has 0 aliphatic carbocycles. The number of carbonyl (C=O) groups excluding carboxylic acids is 4. The second-order valence-electron chi connectivity index (χ2n) is 14.1. The zero-order chi connectivity index (χ0) is 37.1. The second kappa shape index (κ2) is 13.9. The number of nitrogens with one attached hydrogen (secondary N) is 1. The molecule has 2 N–H and O–H groups in total. The number of benzene rings is 4. The van der Waals surface area contributed by atoms with Gasteiger partial charge in [-0.05, 0) is 97.6 Å². The summed E-state index contributed by atoms with van der Waals surface area (Å²) in [5.74, 6) is 0.482. The molecule has 274 valence electrons. The third kappa shape index (κ3) is 6.39. The first-order valence-corrected chi connectivity index (χ1v) is 19.6. The number of hydrogen-bond acceptors (Lipinski definition) is 10. The minimum Gasteiger partial charge on any atom is -0.508 e. The molecule has 3 saturated heterocycles. The Labute approximate surface area is 323 Å². The summed E-state index contributed by atoms with van der Waals surface area (Å²) in [5, 5.41) is 13.3. The van der Waals surface area contributed by atoms with Crippen molar-refractivity contribution in [2.75, 3.05) is 31.1 Å². The van der Waals surface area contributed by atoms with E-state index in [1.54, 1.807) is 35.6 Å². The highest BCUT2D eigenvalue weighted by Crippen LogP contribution is 2.47. The number of anilines is 1. The average molecular weight is 808 g/mol. The number of aromatic hydroxyl groups is 1. The lowest BCUT2D eigenvalue weighted by Crippen LogP contribution is -2.61. The molecule has 11 nitrogen and oxygen atoms in total. The van der Waals surface area contributed by atoms with Gasteiger partial charge in [0.25, 0.3) is 11.8 Å². The van der Waals surface area contributed by atoms with E-state index in [9.17, 15) is 24.3 Å². The quantitative estimate of drug-likeness (QED) is 0.160. The Balaban J connectivity index is 0.785. The van der Waals surface area contributed by atoms with E-state index < -0.39 is 29.7 Å². The van der Waals surface area contributed by atoms with Gasteiger partial charge in [-0.3, -0.25) is 34.3 Å². The van der Waals surface area contributed by atoms with Gasteiger partial charge in [-0.2, -0.15) is 0 Å². The van der Waals surface area contributed by atoms with Gasteiger partial charge in [0.2, 0.25) is 11.8 Å². The molecule has 4 amide bonds. The van der Waals surface area contributed by atoms with E-state index in [4.69, 9.17) is 9.47 Å². The molecule has 4 aromatic carbocycles. The maximum atomic E-state index is 13.3. The third-order valence-corrected chi connectivity index (χ3v) is 12.4. The minimum absolute atomic E-state index is 0.0913. The summed E-state index contributed by atoms with van der Waals surface area (Å²) in [6, 6.07) is 25.9. The normalized spacial score (nSPS) is 19.6. The smallest absolute Gasteiger partial charge is 0.262 e. The lowest BCUT2D eigenvalue weighted by molar-refractivity contribution is -0.136. The fourth-order valence-electron chi connectivity index (χ4n) is 7.76. The highest BCUT2D eigenvalue weighted by atomic mass is 79.9. The van der Waals surface area contributed by atoms with Crippen LogP contribution in [0.1, 0.15) is 46.4 Å². The van der Waals surface area contributed by atoms with Crippen LogP contribution in [0.3, 0.4) is 0 Å². The number of ether oxygens (including phenoxy) is 2. The van der Waals surface area contributed by atoms with Crippen LogP contribution in [-0.2, 0) is 9.59 Å². The number of piperidine rings is 2. The number of halogens is 1. The van der Waals surface area contributed by atoms with Crippen molar-refractivity contribution in [3.05, 3.63) is 101 Å². The zero-order valence-electron chi connectivity index (χ0n) is 29.0. The second-order valence-corrected chi connectivity index (χ2v) is 16.1. The number of fused-ring (bicyclic) bond motifs is 2. The third-order valence-electron chi connectivity index (χ3n) is 10.7. The maximum absolute atomic E-state index is 13.3. The van der Waals surface area contributed by atoms with Crippen LogP contribution in [0.5, 0.6) is 23.0 Å². The lowest BCUT2D eigenvalue weighted by Gasteiger charge is -2.48. The Morgan fingerprint density at radius 2 is 1.52 bits per heavy atom. The fourth-order valence-corrected chi connectivity index (χ4v) is 9.20. The number of carbonyl (C=O) groups is 4. The number of thiophene rings is 1. The molecule has 5 heterocycles. The van der Waals surface area contributed by atoms with Crippen LogP contribution in [0.25, 0.3) is 20.5 Å². The Bertz CT molecular complexity index is 2310. The predicted octanol–water partition coefficient (Wildman–Crippen LogP) is 6.96. The Hall–Kier alpha value is -5.24. The standard InChI is InChI=1S/C41H35BrN4O7S/c42-24-3-1-23(2-4-24)38-37(32-12-6-27(47)20-35(32)54-38)53-29-9-7-28(8-10-29)52-30-15-17-44(18-16-30)26-21-45(22-26)25-5-11-31-33(19-25)41(51)46(40(31)50)34-13-14-36(48)43-39(34)49/h1-12,19-20,26,30,34,47H,13-18,21-22H2,(H,43,48,49). The zero-order valence-corrected chi connectivity index (χ0v) is 31.4. The molecule has 0 bridgehead atoms. The number of nitrogens with zero attached hydrogens (tertiary/aromatic N) is 3. The number of rotatable bonds is 8. The van der Waals surface area contributed by atoms with Crippen molar-refractivity contribution in [1.29, 1.82) is 0 Å². The van der Waals surface area contributed by atoms with E-state index in [-0.39, 0.29) is 24.7 Å². The molecule has 0 radical (unpaired) electrons. The molecule has 54 heavy (non-hydrogen) atoms. The summed E-state index contributed by atoms with van der Waals surface area (Å²) in [4.78, 5) is 57.1. The SMILES string of the molecule is O=C1CCC(N2C(=O)c3ccc(N4CC(N5CCC(Oc6ccc(Oc7c(-c8ccc(Br)cc8)sc8cc(O)ccc78)cc6)CC5)C4)cc3C2=O)C(=O)N1. The summed E-state index contributed by atoms with van der Waals surface area (Å²) < 4.78 is 14.8. The summed E-state index contributed by atoms with van der Waals surface area (Å²) in [6.07, 6.45) is 2.15. The summed E-state index contributed by atoms with van der Waals surface area (Å²) in [6.45, 7) is 3.47. The number of imide groups is 2. The van der Waals surface area contributed by atoms with Gasteiger partial charge in [-0.25, -0.2) is 0 Å². The molecule has 4 aliphatic heterocycles. The Morgan fingerprint density at radius 1 is 0.796 bits per heavy atom. The molecule has 1 aromatic heterocycles. The van der Waals surface area contributed by atoms with Crippen molar-refractivity contribution in [1.82, 2.24) is 15.1 Å². The first-order chi connectivity index (χ1) is 26.2. The van der Waals surface area contributed by atoms with Crippen LogP contribution in [0.15, 0.2) is 89.4 Å². The van der Waals surface area contributed by atoms with Crippen molar-refractivity contribution in [3.8, 4) is 33.4 Å². The van der Waals surface area contributed by atoms with Crippen molar-refractivity contribution in [2.24, 2.45) is 0 Å². The molecule has 5 aromatic rings. The Kier molecular flexibility index (Phi) is 8.87. The van der Waals surface area contributed by atoms with Crippen LogP contribution >= 0.6 is 27.3 Å². The first kappa shape index (κ1) is 34.5. The van der Waals surface area contributed by atoms with Crippen molar-refractivity contribution in [2.45, 2.75) is 43.9 Å². The van der Waals surface area contributed by atoms with Gasteiger partial charge < -0.3 is 19.5 Å². The predicted molar refractivity (Wildman–Crippen MR) is 207 cm³/mol. The summed E-state index contributed by atoms with van der Waals surface area (Å²) >= 11 is 5.10. The monoisotopic (exact) mass is 806 g/mol. The molecule has 1 atom stereocenters. The van der Waals surface area contributed by atoms with Gasteiger partial charge in [0.05, 0.1) is 16.0 Å². The molecule has 4 aliphatic rings. The molecular weight excluding hydrogens is 772 g/mol. The Morgan fingerprint density at radius 3 is 2.26 bits per heavy atom. The molecule has 9 rings (SSSR count). The van der Waals surface area contributed by atoms with Gasteiger partial charge in [0.15, 0.2) is 5.75 Å². The van der Waals surface area contributed by atoms with Crippen LogP contribution in [-0.4, -0.2) is 82.9 Å². The first-order valence-electron chi connectivity index (χ1n) is 18.0. The van der Waals surface area contributed by atoms with Gasteiger partial charge in [-0.15, -0.1) is 11.3 Å². The van der Waals surface area contributed by atoms with E-state index in [2.05, 4.69) is 31.0 Å². The number of phenols is 1. The average Bonchev–Trinajstić information content (AvgIpc) is 3.62. The van der Waals surface area contributed by atoms with Gasteiger partial charge in [-0.1, -0.05) is 28.1 Å². The van der Waals surface area contributed by atoms with Crippen LogP contribution in [0.4, 0.5) is 5.69 Å². The molecule has 0 saturated carbocycles. The molecule has 13 heteroatoms. The number of hydrogen-bond donors (Lipinski definition) is 2. The van der Waals surface area contributed by atoms with E-state index in [0.717, 1.165) is 86.1 Å². The van der Waals surface area contributed by atoms with Crippen LogP contribution < -0.4 is 19.7 Å². The fraction of sp³-hybridized carbons (Fsp3) is 0.268. The van der Waals surface area contributed by atoms with E-state index >= 15 is 0 Å². The summed E-state index contributed by atoms with van der Waals surface area (Å²) in [7, 11) is 0. The van der Waals surface area contributed by atoms with Gasteiger partial charge in [0, 0.05) is 58.9 Å². The van der Waals surface area contributed by atoms with Gasteiger partial charge in [0.1, 0.15) is 29.4 Å². The van der Waals surface area contributed by atoms with Crippen molar-refractivity contribution < 1.29 is 33.8 Å². The maximum Gasteiger partial charge on any atom is 0.262 e. The molecule has 3 fully saturated rings. The van der Waals surface area contributed by atoms with Crippen LogP contribution in [0.2, 0.25) is 0 Å². The largest absolute Gasteiger partial charge is 0.508 e. The highest BCUT2D eigenvalue weighted by Gasteiger charge is 2.45. The van der Waals surface area contributed by atoms with Gasteiger partial charge >= 0.3 is 0 Å². The van der Waals surface area contributed by atoms with Crippen molar-refractivity contribution >= 4 is 66.7 Å². The minimum atomic E-state index is -0.973. The van der Waals surface area contributed by atoms with Crippen molar-refractivity contribution in [3.63, 3.8) is 0 Å². The number of likely N-dealkylation sites (tertiary alicyclic amines) is 1. The topological polar surface area (TPSA) is 129 Å². The highest BCUT2D eigenvalue weighted by molar-refractivity contribution is 9.10. The van der Waals surface area contributed by atoms with E-state index in [1.165, 1.54) is 0 Å².